The van der Waals surface area contributed by atoms with Crippen LogP contribution < -0.4 is 5.43 Å². The maximum absolute atomic E-state index is 4.07. The molecular formula is C12H10BrN3. The first kappa shape index (κ1) is 10.8. The van der Waals surface area contributed by atoms with E-state index < -0.39 is 0 Å². The van der Waals surface area contributed by atoms with E-state index in [0.29, 0.717) is 0 Å². The van der Waals surface area contributed by atoms with E-state index in [4.69, 9.17) is 0 Å². The summed E-state index contributed by atoms with van der Waals surface area (Å²) in [5, 5.41) is 7.99. The molecule has 0 aliphatic carbocycles. The lowest BCUT2D eigenvalue weighted by atomic mass is 10.3. The van der Waals surface area contributed by atoms with Crippen molar-refractivity contribution in [3.63, 3.8) is 0 Å². The summed E-state index contributed by atoms with van der Waals surface area (Å²) in [7, 11) is 0. The number of rotatable bonds is 3. The number of nitrogens with one attached hydrogen (secondary N) is 1. The predicted octanol–water partition coefficient (Wildman–Crippen LogP) is 4.56. The fraction of sp³-hybridized carbons (Fsp3) is 0. The fourth-order valence-electron chi connectivity index (χ4n) is 1.18. The normalized spacial score (nSPS) is 10.6. The Morgan fingerprint density at radius 2 is 1.56 bits per heavy atom. The van der Waals surface area contributed by atoms with Gasteiger partial charge in [-0.25, -0.2) is 0 Å². The molecule has 0 aliphatic heterocycles. The molecule has 2 aromatic carbocycles. The number of hydrogen-bond acceptors (Lipinski definition) is 2. The van der Waals surface area contributed by atoms with Crippen molar-refractivity contribution in [2.75, 3.05) is 5.43 Å². The molecule has 0 radical (unpaired) electrons. The topological polar surface area (TPSA) is 36.8 Å². The summed E-state index contributed by atoms with van der Waals surface area (Å²) in [4.78, 5) is 0. The van der Waals surface area contributed by atoms with Gasteiger partial charge in [-0.3, -0.25) is 5.43 Å². The van der Waals surface area contributed by atoms with Crippen LogP contribution >= 0.6 is 15.9 Å². The molecule has 0 bridgehead atoms. The van der Waals surface area contributed by atoms with Crippen molar-refractivity contribution in [3.05, 3.63) is 59.1 Å². The average Bonchev–Trinajstić information content (AvgIpc) is 2.33. The molecule has 16 heavy (non-hydrogen) atoms. The zero-order chi connectivity index (χ0) is 11.2. The minimum Gasteiger partial charge on any atom is -0.260 e. The third-order valence-corrected chi connectivity index (χ3v) is 2.63. The van der Waals surface area contributed by atoms with Crippen LogP contribution in [-0.2, 0) is 0 Å². The van der Waals surface area contributed by atoms with Crippen LogP contribution in [0, 0.1) is 0 Å². The van der Waals surface area contributed by atoms with E-state index in [1.807, 2.05) is 54.6 Å². The highest BCUT2D eigenvalue weighted by molar-refractivity contribution is 9.10. The molecule has 0 spiro atoms. The summed E-state index contributed by atoms with van der Waals surface area (Å²) < 4.78 is 0.925. The first-order valence-corrected chi connectivity index (χ1v) is 5.62. The quantitative estimate of drug-likeness (QED) is 0.647. The number of anilines is 1. The third kappa shape index (κ3) is 2.90. The molecule has 80 valence electrons. The Balaban J connectivity index is 2.03. The fourth-order valence-corrected chi connectivity index (χ4v) is 1.55. The molecule has 2 aromatic rings. The van der Waals surface area contributed by atoms with E-state index in [1.54, 1.807) is 0 Å². The summed E-state index contributed by atoms with van der Waals surface area (Å²) in [6, 6.07) is 17.4. The van der Waals surface area contributed by atoms with E-state index in [9.17, 15) is 0 Å². The van der Waals surface area contributed by atoms with Crippen molar-refractivity contribution >= 4 is 27.3 Å². The molecule has 0 amide bonds. The number of halogens is 1. The molecule has 2 rings (SSSR count). The van der Waals surface area contributed by atoms with E-state index in [2.05, 4.69) is 31.7 Å². The Morgan fingerprint density at radius 1 is 0.875 bits per heavy atom. The molecule has 0 unspecified atom stereocenters. The Morgan fingerprint density at radius 3 is 2.31 bits per heavy atom. The lowest BCUT2D eigenvalue weighted by molar-refractivity contribution is 1.13. The highest BCUT2D eigenvalue weighted by Gasteiger charge is 1.94. The molecule has 0 heterocycles. The summed E-state index contributed by atoms with van der Waals surface area (Å²) in [5.74, 6) is 0. The summed E-state index contributed by atoms with van der Waals surface area (Å²) in [6.07, 6.45) is 0. The lowest BCUT2D eigenvalue weighted by Crippen LogP contribution is -1.84. The summed E-state index contributed by atoms with van der Waals surface area (Å²) >= 11 is 3.40. The lowest BCUT2D eigenvalue weighted by Gasteiger charge is -1.98. The van der Waals surface area contributed by atoms with Crippen molar-refractivity contribution in [2.24, 2.45) is 10.3 Å². The Bertz CT molecular complexity index is 483. The number of benzene rings is 2. The van der Waals surface area contributed by atoms with Crippen molar-refractivity contribution in [3.8, 4) is 0 Å². The highest BCUT2D eigenvalue weighted by Crippen LogP contribution is 2.24. The smallest absolute Gasteiger partial charge is 0.102 e. The minimum atomic E-state index is 0.797. The molecule has 0 fully saturated rings. The van der Waals surface area contributed by atoms with Crippen LogP contribution in [0.15, 0.2) is 69.4 Å². The van der Waals surface area contributed by atoms with Gasteiger partial charge in [0.25, 0.3) is 0 Å². The molecule has 0 aromatic heterocycles. The standard InChI is InChI=1S/C12H10BrN3/c13-11-8-4-5-9-12(11)15-16-14-10-6-2-1-3-7-10/h1-9H,(H,14,15). The molecule has 0 saturated heterocycles. The molecule has 3 nitrogen and oxygen atoms in total. The number of para-hydroxylation sites is 1. The van der Waals surface area contributed by atoms with Crippen molar-refractivity contribution in [1.82, 2.24) is 0 Å². The Labute approximate surface area is 102 Å². The molecule has 0 aliphatic rings. The number of hydrogen-bond donors (Lipinski definition) is 1. The van der Waals surface area contributed by atoms with Gasteiger partial charge < -0.3 is 0 Å². The van der Waals surface area contributed by atoms with Crippen LogP contribution in [0.4, 0.5) is 11.4 Å². The largest absolute Gasteiger partial charge is 0.260 e. The summed E-state index contributed by atoms with van der Waals surface area (Å²) in [5.41, 5.74) is 4.57. The van der Waals surface area contributed by atoms with Crippen LogP contribution in [0.5, 0.6) is 0 Å². The maximum Gasteiger partial charge on any atom is 0.102 e. The van der Waals surface area contributed by atoms with Crippen molar-refractivity contribution < 1.29 is 0 Å². The highest BCUT2D eigenvalue weighted by atomic mass is 79.9. The Hall–Kier alpha value is -1.68. The second-order valence-corrected chi connectivity index (χ2v) is 3.98. The van der Waals surface area contributed by atoms with Gasteiger partial charge in [-0.1, -0.05) is 35.6 Å². The van der Waals surface area contributed by atoms with Crippen molar-refractivity contribution in [1.29, 1.82) is 0 Å². The van der Waals surface area contributed by atoms with E-state index in [1.165, 1.54) is 0 Å². The zero-order valence-corrected chi connectivity index (χ0v) is 10.1. The molecular weight excluding hydrogens is 266 g/mol. The maximum atomic E-state index is 4.07. The van der Waals surface area contributed by atoms with Crippen LogP contribution in [0.2, 0.25) is 0 Å². The van der Waals surface area contributed by atoms with Crippen LogP contribution in [-0.4, -0.2) is 0 Å². The van der Waals surface area contributed by atoms with E-state index in [0.717, 1.165) is 15.8 Å². The van der Waals surface area contributed by atoms with Gasteiger partial charge in [0.2, 0.25) is 0 Å². The van der Waals surface area contributed by atoms with Gasteiger partial charge in [0.1, 0.15) is 5.69 Å². The molecule has 4 heteroatoms. The van der Waals surface area contributed by atoms with Gasteiger partial charge in [0.05, 0.1) is 5.69 Å². The van der Waals surface area contributed by atoms with Crippen LogP contribution in [0.1, 0.15) is 0 Å². The van der Waals surface area contributed by atoms with E-state index >= 15 is 0 Å². The molecule has 0 atom stereocenters. The average molecular weight is 276 g/mol. The second kappa shape index (κ2) is 5.42. The summed E-state index contributed by atoms with van der Waals surface area (Å²) in [6.45, 7) is 0. The Kier molecular flexibility index (Phi) is 3.66. The van der Waals surface area contributed by atoms with Gasteiger partial charge >= 0.3 is 0 Å². The first-order valence-electron chi connectivity index (χ1n) is 4.82. The molecule has 0 saturated carbocycles. The SMILES string of the molecule is Brc1ccccc1N=NNc1ccccc1. The van der Waals surface area contributed by atoms with Crippen LogP contribution in [0.3, 0.4) is 0 Å². The van der Waals surface area contributed by atoms with Gasteiger partial charge in [-0.05, 0) is 40.2 Å². The molecule has 1 N–H and O–H groups in total. The van der Waals surface area contributed by atoms with Gasteiger partial charge in [0, 0.05) is 4.47 Å². The monoisotopic (exact) mass is 275 g/mol. The number of nitrogens with zero attached hydrogens (tertiary/aromatic N) is 2. The minimum absolute atomic E-state index is 0.797. The van der Waals surface area contributed by atoms with Gasteiger partial charge in [-0.15, -0.1) is 5.11 Å². The van der Waals surface area contributed by atoms with Gasteiger partial charge in [0.15, 0.2) is 0 Å². The second-order valence-electron chi connectivity index (χ2n) is 3.13. The van der Waals surface area contributed by atoms with Crippen LogP contribution in [0.25, 0.3) is 0 Å². The van der Waals surface area contributed by atoms with Crippen molar-refractivity contribution in [2.45, 2.75) is 0 Å². The predicted molar refractivity (Wildman–Crippen MR) is 68.7 cm³/mol. The van der Waals surface area contributed by atoms with E-state index in [-0.39, 0.29) is 0 Å². The third-order valence-electron chi connectivity index (χ3n) is 1.96. The van der Waals surface area contributed by atoms with Gasteiger partial charge in [-0.2, -0.15) is 0 Å². The zero-order valence-electron chi connectivity index (χ0n) is 8.47. The first-order chi connectivity index (χ1) is 7.86.